The normalized spacial score (nSPS) is 9.62. The van der Waals surface area contributed by atoms with E-state index in [0.717, 1.165) is 25.8 Å². The van der Waals surface area contributed by atoms with Gasteiger partial charge in [0.1, 0.15) is 0 Å². The molecule has 0 aliphatic heterocycles. The van der Waals surface area contributed by atoms with Crippen molar-refractivity contribution in [3.05, 3.63) is 0 Å². The predicted octanol–water partition coefficient (Wildman–Crippen LogP) is -0.178. The van der Waals surface area contributed by atoms with Crippen molar-refractivity contribution in [2.24, 2.45) is 0 Å². The molecule has 0 spiro atoms. The van der Waals surface area contributed by atoms with Gasteiger partial charge in [-0.05, 0) is 25.8 Å². The van der Waals surface area contributed by atoms with Crippen LogP contribution in [0.4, 0.5) is 0 Å². The van der Waals surface area contributed by atoms with E-state index in [0.29, 0.717) is 6.61 Å². The minimum absolute atomic E-state index is 0.296. The Morgan fingerprint density at radius 1 is 1.25 bits per heavy atom. The van der Waals surface area contributed by atoms with E-state index >= 15 is 0 Å². The second kappa shape index (κ2) is 6.98. The van der Waals surface area contributed by atoms with Crippen LogP contribution in [0.25, 0.3) is 0 Å². The molecule has 0 aromatic heterocycles. The molecule has 0 amide bonds. The maximum Gasteiger partial charge on any atom is 0.177 e. The van der Waals surface area contributed by atoms with Gasteiger partial charge in [0.25, 0.3) is 0 Å². The fraction of sp³-hybridized carbons (Fsp3) is 1.00. The first kappa shape index (κ1) is 7.98. The maximum absolute atomic E-state index is 8.31. The Balaban J connectivity index is 2.53. The van der Waals surface area contributed by atoms with Gasteiger partial charge >= 0.3 is 0 Å². The smallest absolute Gasteiger partial charge is 0.177 e. The fourth-order valence-corrected chi connectivity index (χ4v) is 0.516. The molecule has 2 radical (unpaired) electrons. The number of hydrogen-bond donors (Lipinski definition) is 2. The summed E-state index contributed by atoms with van der Waals surface area (Å²) >= 11 is 0. The fourth-order valence-electron chi connectivity index (χ4n) is 0.516. The lowest BCUT2D eigenvalue weighted by Gasteiger charge is -1.95. The highest BCUT2D eigenvalue weighted by atomic mass is 16.2. The third kappa shape index (κ3) is 5.98. The van der Waals surface area contributed by atoms with Crippen molar-refractivity contribution in [2.75, 3.05) is 13.2 Å². The van der Waals surface area contributed by atoms with Crippen LogP contribution in [-0.2, 0) is 0 Å². The molecule has 0 saturated heterocycles. The van der Waals surface area contributed by atoms with Crippen LogP contribution in [0.15, 0.2) is 0 Å². The Labute approximate surface area is 51.7 Å². The van der Waals surface area contributed by atoms with E-state index in [-0.39, 0.29) is 0 Å². The van der Waals surface area contributed by atoms with E-state index in [4.69, 9.17) is 13.1 Å². The summed E-state index contributed by atoms with van der Waals surface area (Å²) < 4.78 is 0. The first-order valence-corrected chi connectivity index (χ1v) is 2.96. The van der Waals surface area contributed by atoms with E-state index < -0.39 is 0 Å². The van der Waals surface area contributed by atoms with Gasteiger partial charge in [-0.15, -0.1) is 0 Å². The van der Waals surface area contributed by atoms with Crippen LogP contribution in [0, 0.1) is 0 Å². The molecule has 0 heterocycles. The molecule has 0 unspecified atom stereocenters. The molecule has 0 aliphatic carbocycles. The lowest BCUT2D eigenvalue weighted by molar-refractivity contribution is 0.283. The molecular weight excluding hydrogens is 101 g/mol. The summed E-state index contributed by atoms with van der Waals surface area (Å²) in [4.78, 5) is 0. The van der Waals surface area contributed by atoms with E-state index in [1.54, 1.807) is 0 Å². The predicted molar refractivity (Wildman–Crippen MR) is 34.7 cm³/mol. The third-order valence-corrected chi connectivity index (χ3v) is 0.979. The molecule has 8 heavy (non-hydrogen) atoms. The molecule has 0 fully saturated rings. The lowest BCUT2D eigenvalue weighted by atomic mass is 10.2. The van der Waals surface area contributed by atoms with Crippen LogP contribution in [0.3, 0.4) is 0 Å². The monoisotopic (exact) mass is 113 g/mol. The summed E-state index contributed by atoms with van der Waals surface area (Å²) in [6, 6.07) is 0. The van der Waals surface area contributed by atoms with Crippen molar-refractivity contribution in [1.29, 1.82) is 0 Å². The van der Waals surface area contributed by atoms with Crippen LogP contribution in [0.5, 0.6) is 0 Å². The molecule has 0 saturated carbocycles. The summed E-state index contributed by atoms with van der Waals surface area (Å²) in [6.07, 6.45) is 3.00. The van der Waals surface area contributed by atoms with Crippen molar-refractivity contribution >= 4 is 7.98 Å². The summed E-state index contributed by atoms with van der Waals surface area (Å²) in [5.41, 5.74) is 0. The molecule has 46 valence electrons. The number of hydrogen-bond acceptors (Lipinski definition) is 2. The highest BCUT2D eigenvalue weighted by molar-refractivity contribution is 6.04. The van der Waals surface area contributed by atoms with Gasteiger partial charge in [0.05, 0.1) is 0 Å². The molecule has 2 N–H and O–H groups in total. The van der Waals surface area contributed by atoms with Gasteiger partial charge in [-0.1, -0.05) is 0 Å². The van der Waals surface area contributed by atoms with Crippen LogP contribution in [-0.4, -0.2) is 26.2 Å². The minimum Gasteiger partial charge on any atom is -0.396 e. The quantitative estimate of drug-likeness (QED) is 0.383. The van der Waals surface area contributed by atoms with E-state index in [1.165, 1.54) is 0 Å². The molecule has 0 aromatic rings. The SMILES string of the molecule is [B]NCCCCCO. The zero-order chi connectivity index (χ0) is 6.24. The van der Waals surface area contributed by atoms with E-state index in [1.807, 2.05) is 0 Å². The largest absolute Gasteiger partial charge is 0.396 e. The summed E-state index contributed by atoms with van der Waals surface area (Å²) in [5, 5.41) is 10.9. The van der Waals surface area contributed by atoms with Crippen LogP contribution in [0.1, 0.15) is 19.3 Å². The summed E-state index contributed by atoms with van der Waals surface area (Å²) in [5.74, 6) is 0. The zero-order valence-electron chi connectivity index (χ0n) is 5.06. The second-order valence-electron chi connectivity index (χ2n) is 1.74. The van der Waals surface area contributed by atoms with Crippen LogP contribution < -0.4 is 5.23 Å². The Hall–Kier alpha value is -0.0151. The molecule has 0 aromatic carbocycles. The standard InChI is InChI=1S/C5H12BNO/c6-7-4-2-1-3-5-8/h7-8H,1-5H2. The van der Waals surface area contributed by atoms with Crippen molar-refractivity contribution < 1.29 is 5.11 Å². The van der Waals surface area contributed by atoms with Gasteiger partial charge in [-0.2, -0.15) is 0 Å². The third-order valence-electron chi connectivity index (χ3n) is 0.979. The average Bonchev–Trinajstić information content (AvgIpc) is 1.81. The molecule has 0 rings (SSSR count). The van der Waals surface area contributed by atoms with Crippen LogP contribution in [0.2, 0.25) is 0 Å². The molecule has 2 nitrogen and oxygen atoms in total. The zero-order valence-corrected chi connectivity index (χ0v) is 5.06. The Morgan fingerprint density at radius 2 is 2.00 bits per heavy atom. The number of aliphatic hydroxyl groups excluding tert-OH is 1. The molecule has 3 heteroatoms. The minimum atomic E-state index is 0.296. The Morgan fingerprint density at radius 3 is 2.50 bits per heavy atom. The molecular formula is C5H12BNO. The van der Waals surface area contributed by atoms with Crippen molar-refractivity contribution in [2.45, 2.75) is 19.3 Å². The first-order chi connectivity index (χ1) is 3.91. The highest BCUT2D eigenvalue weighted by Gasteiger charge is 1.83. The van der Waals surface area contributed by atoms with E-state index in [2.05, 4.69) is 5.23 Å². The van der Waals surface area contributed by atoms with Gasteiger partial charge in [-0.25, -0.2) is 0 Å². The van der Waals surface area contributed by atoms with Crippen molar-refractivity contribution in [1.82, 2.24) is 5.23 Å². The molecule has 0 atom stereocenters. The molecule has 0 aliphatic rings. The first-order valence-electron chi connectivity index (χ1n) is 2.96. The maximum atomic E-state index is 8.31. The van der Waals surface area contributed by atoms with E-state index in [9.17, 15) is 0 Å². The van der Waals surface area contributed by atoms with Gasteiger partial charge in [0, 0.05) is 6.61 Å². The van der Waals surface area contributed by atoms with Crippen LogP contribution >= 0.6 is 0 Å². The van der Waals surface area contributed by atoms with Crippen molar-refractivity contribution in [3.8, 4) is 0 Å². The highest BCUT2D eigenvalue weighted by Crippen LogP contribution is 1.90. The number of aliphatic hydroxyl groups is 1. The van der Waals surface area contributed by atoms with Crippen molar-refractivity contribution in [3.63, 3.8) is 0 Å². The second-order valence-corrected chi connectivity index (χ2v) is 1.74. The Bertz CT molecular complexity index is 37.4. The summed E-state index contributed by atoms with van der Waals surface area (Å²) in [6.45, 7) is 1.14. The van der Waals surface area contributed by atoms with Gasteiger partial charge in [-0.3, -0.25) is 0 Å². The van der Waals surface area contributed by atoms with Gasteiger partial charge in [0.15, 0.2) is 7.98 Å². The Kier molecular flexibility index (Phi) is 6.97. The van der Waals surface area contributed by atoms with Gasteiger partial charge < -0.3 is 10.3 Å². The number of unbranched alkanes of at least 4 members (excludes halogenated alkanes) is 2. The summed E-state index contributed by atoms with van der Waals surface area (Å²) in [7, 11) is 5.00. The number of rotatable bonds is 5. The molecule has 0 bridgehead atoms. The number of nitrogens with one attached hydrogen (secondary N) is 1. The lowest BCUT2D eigenvalue weighted by Crippen LogP contribution is -2.09. The van der Waals surface area contributed by atoms with Gasteiger partial charge in [0.2, 0.25) is 0 Å². The average molecular weight is 113 g/mol. The topological polar surface area (TPSA) is 32.3 Å².